The number of ether oxygens (including phenoxy) is 1. The van der Waals surface area contributed by atoms with E-state index in [1.165, 1.54) is 5.69 Å². The van der Waals surface area contributed by atoms with Gasteiger partial charge in [-0.3, -0.25) is 4.90 Å². The van der Waals surface area contributed by atoms with Crippen LogP contribution in [0.3, 0.4) is 0 Å². The number of nitrogens with zero attached hydrogens (tertiary/aromatic N) is 3. The topological polar surface area (TPSA) is 50.5 Å². The molecule has 0 radical (unpaired) electrons. The van der Waals surface area contributed by atoms with E-state index in [0.29, 0.717) is 12.4 Å². The van der Waals surface area contributed by atoms with Gasteiger partial charge in [0.2, 0.25) is 0 Å². The van der Waals surface area contributed by atoms with Crippen LogP contribution in [0.4, 0.5) is 0 Å². The standard InChI is InChI=1S/C32H39N3O2/c1-4-7-21-34(23-25-18-19-29(36)30(22-25)37-6-3)24-28-31(26-14-10-8-11-15-26)33-32(35(28)20-5-2)27-16-12-9-13-17-27/h8-19,22,36H,4-7,20-21,23-24H2,1-3H3. The number of phenolic OH excluding ortho intramolecular Hbond substituents is 1. The molecule has 0 atom stereocenters. The van der Waals surface area contributed by atoms with E-state index < -0.39 is 0 Å². The van der Waals surface area contributed by atoms with Gasteiger partial charge in [0.1, 0.15) is 5.82 Å². The van der Waals surface area contributed by atoms with E-state index in [-0.39, 0.29) is 5.75 Å². The maximum Gasteiger partial charge on any atom is 0.161 e. The van der Waals surface area contributed by atoms with Gasteiger partial charge in [0.15, 0.2) is 11.5 Å². The monoisotopic (exact) mass is 497 g/mol. The van der Waals surface area contributed by atoms with E-state index in [1.54, 1.807) is 6.07 Å². The molecule has 4 rings (SSSR count). The summed E-state index contributed by atoms with van der Waals surface area (Å²) >= 11 is 0. The van der Waals surface area contributed by atoms with Gasteiger partial charge in [-0.15, -0.1) is 0 Å². The molecule has 0 fully saturated rings. The number of phenols is 1. The maximum atomic E-state index is 10.2. The second-order valence-electron chi connectivity index (χ2n) is 9.41. The Balaban J connectivity index is 1.76. The normalized spacial score (nSPS) is 11.2. The highest BCUT2D eigenvalue weighted by Crippen LogP contribution is 2.32. The van der Waals surface area contributed by atoms with Gasteiger partial charge in [0.25, 0.3) is 0 Å². The Bertz CT molecular complexity index is 1250. The van der Waals surface area contributed by atoms with Gasteiger partial charge in [-0.05, 0) is 44.0 Å². The van der Waals surface area contributed by atoms with Crippen molar-refractivity contribution >= 4 is 0 Å². The number of aromatic hydroxyl groups is 1. The molecule has 0 bridgehead atoms. The summed E-state index contributed by atoms with van der Waals surface area (Å²) in [5.41, 5.74) is 5.70. The van der Waals surface area contributed by atoms with E-state index >= 15 is 0 Å². The molecule has 4 aromatic rings. The first kappa shape index (κ1) is 26.5. The van der Waals surface area contributed by atoms with Crippen LogP contribution in [0.25, 0.3) is 22.6 Å². The minimum atomic E-state index is 0.186. The second-order valence-corrected chi connectivity index (χ2v) is 9.41. The SMILES string of the molecule is CCCCN(Cc1ccc(O)c(OCC)c1)Cc1c(-c2ccccc2)nc(-c2ccccc2)n1CCC. The van der Waals surface area contributed by atoms with Crippen LogP contribution in [-0.2, 0) is 19.6 Å². The second kappa shape index (κ2) is 13.1. The molecule has 0 aliphatic heterocycles. The lowest BCUT2D eigenvalue weighted by atomic mass is 10.1. The Morgan fingerprint density at radius 3 is 2.19 bits per heavy atom. The Morgan fingerprint density at radius 2 is 1.54 bits per heavy atom. The summed E-state index contributed by atoms with van der Waals surface area (Å²) in [6, 6.07) is 26.7. The van der Waals surface area contributed by atoms with Crippen LogP contribution < -0.4 is 4.74 Å². The van der Waals surface area contributed by atoms with Crippen molar-refractivity contribution in [3.63, 3.8) is 0 Å². The van der Waals surface area contributed by atoms with Crippen LogP contribution in [0.2, 0.25) is 0 Å². The van der Waals surface area contributed by atoms with E-state index in [4.69, 9.17) is 9.72 Å². The lowest BCUT2D eigenvalue weighted by Gasteiger charge is -2.24. The molecule has 3 aromatic carbocycles. The van der Waals surface area contributed by atoms with Crippen molar-refractivity contribution in [2.45, 2.75) is 59.7 Å². The minimum Gasteiger partial charge on any atom is -0.504 e. The molecule has 37 heavy (non-hydrogen) atoms. The van der Waals surface area contributed by atoms with Crippen molar-refractivity contribution in [3.8, 4) is 34.1 Å². The first-order valence-electron chi connectivity index (χ1n) is 13.5. The van der Waals surface area contributed by atoms with Crippen molar-refractivity contribution in [2.24, 2.45) is 0 Å². The van der Waals surface area contributed by atoms with E-state index in [1.807, 2.05) is 19.1 Å². The highest BCUT2D eigenvalue weighted by Gasteiger charge is 2.22. The molecular weight excluding hydrogens is 458 g/mol. The molecule has 5 heteroatoms. The number of hydrogen-bond donors (Lipinski definition) is 1. The highest BCUT2D eigenvalue weighted by molar-refractivity contribution is 5.68. The molecular formula is C32H39N3O2. The predicted molar refractivity (Wildman–Crippen MR) is 152 cm³/mol. The number of benzene rings is 3. The molecule has 1 heterocycles. The largest absolute Gasteiger partial charge is 0.504 e. The average Bonchev–Trinajstić information content (AvgIpc) is 3.28. The molecule has 194 valence electrons. The molecule has 0 unspecified atom stereocenters. The molecule has 0 saturated carbocycles. The highest BCUT2D eigenvalue weighted by atomic mass is 16.5. The summed E-state index contributed by atoms with van der Waals surface area (Å²) in [4.78, 5) is 7.74. The van der Waals surface area contributed by atoms with Crippen molar-refractivity contribution < 1.29 is 9.84 Å². The number of aromatic nitrogens is 2. The van der Waals surface area contributed by atoms with Crippen LogP contribution in [0.5, 0.6) is 11.5 Å². The number of hydrogen-bond acceptors (Lipinski definition) is 4. The Hall–Kier alpha value is -3.57. The van der Waals surface area contributed by atoms with Gasteiger partial charge in [0, 0.05) is 30.8 Å². The fourth-order valence-electron chi connectivity index (χ4n) is 4.74. The predicted octanol–water partition coefficient (Wildman–Crippen LogP) is 7.53. The molecule has 0 aliphatic rings. The Morgan fingerprint density at radius 1 is 0.838 bits per heavy atom. The fraction of sp³-hybridized carbons (Fsp3) is 0.344. The van der Waals surface area contributed by atoms with Crippen molar-refractivity contribution in [1.82, 2.24) is 14.5 Å². The van der Waals surface area contributed by atoms with Crippen molar-refractivity contribution in [2.75, 3.05) is 13.2 Å². The number of unbranched alkanes of at least 4 members (excludes halogenated alkanes) is 1. The third-order valence-corrected chi connectivity index (χ3v) is 6.53. The van der Waals surface area contributed by atoms with Gasteiger partial charge in [-0.25, -0.2) is 4.98 Å². The molecule has 0 aliphatic carbocycles. The average molecular weight is 498 g/mol. The summed E-state index contributed by atoms with van der Waals surface area (Å²) in [5, 5.41) is 10.2. The lowest BCUT2D eigenvalue weighted by Crippen LogP contribution is -2.26. The van der Waals surface area contributed by atoms with Gasteiger partial charge >= 0.3 is 0 Å². The zero-order chi connectivity index (χ0) is 26.0. The quantitative estimate of drug-likeness (QED) is 0.207. The molecule has 1 N–H and O–H groups in total. The summed E-state index contributed by atoms with van der Waals surface area (Å²) in [6.45, 7) is 10.4. The minimum absolute atomic E-state index is 0.186. The third-order valence-electron chi connectivity index (χ3n) is 6.53. The Kier molecular flexibility index (Phi) is 9.39. The number of rotatable bonds is 13. The first-order valence-corrected chi connectivity index (χ1v) is 13.5. The molecule has 0 saturated heterocycles. The van der Waals surface area contributed by atoms with Crippen LogP contribution >= 0.6 is 0 Å². The van der Waals surface area contributed by atoms with Gasteiger partial charge < -0.3 is 14.4 Å². The van der Waals surface area contributed by atoms with Gasteiger partial charge in [-0.1, -0.05) is 87.0 Å². The van der Waals surface area contributed by atoms with Crippen LogP contribution in [0, 0.1) is 0 Å². The van der Waals surface area contributed by atoms with E-state index in [0.717, 1.165) is 73.7 Å². The molecule has 1 aromatic heterocycles. The van der Waals surface area contributed by atoms with E-state index in [2.05, 4.69) is 84.0 Å². The Labute approximate surface area is 221 Å². The zero-order valence-corrected chi connectivity index (χ0v) is 22.4. The lowest BCUT2D eigenvalue weighted by molar-refractivity contribution is 0.245. The summed E-state index contributed by atoms with van der Waals surface area (Å²) < 4.78 is 8.07. The molecule has 5 nitrogen and oxygen atoms in total. The van der Waals surface area contributed by atoms with Crippen molar-refractivity contribution in [1.29, 1.82) is 0 Å². The van der Waals surface area contributed by atoms with Crippen LogP contribution in [0.1, 0.15) is 51.3 Å². The summed E-state index contributed by atoms with van der Waals surface area (Å²) in [7, 11) is 0. The number of imidazole rings is 1. The first-order chi connectivity index (χ1) is 18.1. The van der Waals surface area contributed by atoms with Crippen LogP contribution in [-0.4, -0.2) is 32.7 Å². The molecule has 0 amide bonds. The molecule has 0 spiro atoms. The third kappa shape index (κ3) is 6.60. The van der Waals surface area contributed by atoms with E-state index in [9.17, 15) is 5.11 Å². The summed E-state index contributed by atoms with van der Waals surface area (Å²) in [5.74, 6) is 1.75. The van der Waals surface area contributed by atoms with Crippen molar-refractivity contribution in [3.05, 3.63) is 90.1 Å². The summed E-state index contributed by atoms with van der Waals surface area (Å²) in [6.07, 6.45) is 3.28. The van der Waals surface area contributed by atoms with Gasteiger partial charge in [0.05, 0.1) is 18.0 Å². The maximum absolute atomic E-state index is 10.2. The van der Waals surface area contributed by atoms with Crippen LogP contribution in [0.15, 0.2) is 78.9 Å². The van der Waals surface area contributed by atoms with Gasteiger partial charge in [-0.2, -0.15) is 0 Å². The fourth-order valence-corrected chi connectivity index (χ4v) is 4.74. The smallest absolute Gasteiger partial charge is 0.161 e. The zero-order valence-electron chi connectivity index (χ0n) is 22.4.